The van der Waals surface area contributed by atoms with Gasteiger partial charge in [0, 0.05) is 21.7 Å². The van der Waals surface area contributed by atoms with Gasteiger partial charge in [-0.25, -0.2) is 0 Å². The van der Waals surface area contributed by atoms with Crippen molar-refractivity contribution in [2.45, 2.75) is 32.3 Å². The highest BCUT2D eigenvalue weighted by Gasteiger charge is 2.34. The van der Waals surface area contributed by atoms with Crippen LogP contribution in [0.3, 0.4) is 0 Å². The minimum absolute atomic E-state index is 0.105. The smallest absolute Gasteiger partial charge is 0.220 e. The van der Waals surface area contributed by atoms with Gasteiger partial charge in [-0.3, -0.25) is 4.79 Å². The van der Waals surface area contributed by atoms with E-state index >= 15 is 0 Å². The van der Waals surface area contributed by atoms with E-state index in [1.807, 2.05) is 48.9 Å². The number of carbonyl (C=O) groups is 1. The summed E-state index contributed by atoms with van der Waals surface area (Å²) in [6.07, 6.45) is 0.900. The molecule has 0 aliphatic heterocycles. The minimum Gasteiger partial charge on any atom is -0.377 e. The van der Waals surface area contributed by atoms with Crippen LogP contribution in [-0.4, -0.2) is 22.7 Å². The largest absolute Gasteiger partial charge is 0.377 e. The number of aromatic nitrogens is 1. The van der Waals surface area contributed by atoms with E-state index in [2.05, 4.69) is 10.5 Å². The fourth-order valence-electron chi connectivity index (χ4n) is 2.74. The SMILES string of the molecule is Cc1noc(C)c1CCC(=O)NCC(O)(c1cccs1)c1cccs1. The molecule has 0 saturated carbocycles. The molecule has 3 heterocycles. The van der Waals surface area contributed by atoms with E-state index in [1.54, 1.807) is 0 Å². The van der Waals surface area contributed by atoms with Crippen molar-refractivity contribution >= 4 is 28.6 Å². The molecule has 5 nitrogen and oxygen atoms in total. The summed E-state index contributed by atoms with van der Waals surface area (Å²) in [6.45, 7) is 3.87. The van der Waals surface area contributed by atoms with E-state index in [1.165, 1.54) is 22.7 Å². The summed E-state index contributed by atoms with van der Waals surface area (Å²) < 4.78 is 5.12. The first-order chi connectivity index (χ1) is 12.0. The van der Waals surface area contributed by atoms with Crippen LogP contribution < -0.4 is 5.32 Å². The van der Waals surface area contributed by atoms with Gasteiger partial charge in [-0.2, -0.15) is 0 Å². The number of hydrogen-bond donors (Lipinski definition) is 2. The summed E-state index contributed by atoms with van der Waals surface area (Å²) in [7, 11) is 0. The van der Waals surface area contributed by atoms with Crippen molar-refractivity contribution in [1.82, 2.24) is 10.5 Å². The van der Waals surface area contributed by atoms with Gasteiger partial charge in [0.25, 0.3) is 0 Å². The fourth-order valence-corrected chi connectivity index (χ4v) is 4.48. The van der Waals surface area contributed by atoms with Crippen LogP contribution in [-0.2, 0) is 16.8 Å². The standard InChI is InChI=1S/C18H20N2O3S2/c1-12-14(13(2)23-20-12)7-8-17(21)19-11-18(22,15-5-3-9-24-15)16-6-4-10-25-16/h3-6,9-10,22H,7-8,11H2,1-2H3,(H,19,21). The number of thiophene rings is 2. The molecular formula is C18H20N2O3S2. The second kappa shape index (κ2) is 7.51. The van der Waals surface area contributed by atoms with Gasteiger partial charge in [0.1, 0.15) is 11.4 Å². The molecule has 0 saturated heterocycles. The lowest BCUT2D eigenvalue weighted by Crippen LogP contribution is -2.40. The Labute approximate surface area is 154 Å². The monoisotopic (exact) mass is 376 g/mol. The number of carbonyl (C=O) groups excluding carboxylic acids is 1. The first kappa shape index (κ1) is 17.8. The molecule has 0 atom stereocenters. The molecule has 3 rings (SSSR count). The average molecular weight is 377 g/mol. The van der Waals surface area contributed by atoms with E-state index in [9.17, 15) is 9.90 Å². The lowest BCUT2D eigenvalue weighted by molar-refractivity contribution is -0.122. The zero-order chi connectivity index (χ0) is 17.9. The zero-order valence-corrected chi connectivity index (χ0v) is 15.7. The van der Waals surface area contributed by atoms with Crippen LogP contribution in [0.15, 0.2) is 39.5 Å². The van der Waals surface area contributed by atoms with Crippen molar-refractivity contribution in [1.29, 1.82) is 0 Å². The third-order valence-corrected chi connectivity index (χ3v) is 6.22. The summed E-state index contributed by atoms with van der Waals surface area (Å²) in [6, 6.07) is 7.58. The molecule has 3 aromatic heterocycles. The summed E-state index contributed by atoms with van der Waals surface area (Å²) in [4.78, 5) is 13.9. The van der Waals surface area contributed by atoms with Crippen LogP contribution in [0.1, 0.15) is 33.2 Å². The molecule has 0 fully saturated rings. The van der Waals surface area contributed by atoms with E-state index < -0.39 is 5.60 Å². The molecule has 0 aliphatic carbocycles. The number of rotatable bonds is 7. The van der Waals surface area contributed by atoms with Crippen LogP contribution in [0.4, 0.5) is 0 Å². The molecule has 1 amide bonds. The predicted molar refractivity (Wildman–Crippen MR) is 98.9 cm³/mol. The molecule has 7 heteroatoms. The third kappa shape index (κ3) is 3.84. The summed E-state index contributed by atoms with van der Waals surface area (Å²) in [5.74, 6) is 0.644. The Kier molecular flexibility index (Phi) is 5.36. The van der Waals surface area contributed by atoms with Gasteiger partial charge in [-0.1, -0.05) is 17.3 Å². The maximum Gasteiger partial charge on any atom is 0.220 e. The highest BCUT2D eigenvalue weighted by molar-refractivity contribution is 7.11. The molecule has 0 bridgehead atoms. The number of nitrogens with zero attached hydrogens (tertiary/aromatic N) is 1. The Morgan fingerprint density at radius 2 is 1.88 bits per heavy atom. The minimum atomic E-state index is -1.19. The van der Waals surface area contributed by atoms with E-state index in [0.717, 1.165) is 26.8 Å². The first-order valence-electron chi connectivity index (χ1n) is 7.99. The lowest BCUT2D eigenvalue weighted by atomic mass is 9.99. The Bertz CT molecular complexity index is 769. The molecule has 132 valence electrons. The van der Waals surface area contributed by atoms with Crippen molar-refractivity contribution in [3.63, 3.8) is 0 Å². The second-order valence-corrected chi connectivity index (χ2v) is 7.79. The summed E-state index contributed by atoms with van der Waals surface area (Å²) >= 11 is 2.96. The Morgan fingerprint density at radius 3 is 2.36 bits per heavy atom. The van der Waals surface area contributed by atoms with E-state index in [-0.39, 0.29) is 12.5 Å². The molecule has 0 aliphatic rings. The van der Waals surface area contributed by atoms with Crippen molar-refractivity contribution in [3.05, 3.63) is 61.8 Å². The fraction of sp³-hybridized carbons (Fsp3) is 0.333. The molecule has 0 radical (unpaired) electrons. The normalized spacial score (nSPS) is 11.6. The van der Waals surface area contributed by atoms with Crippen LogP contribution in [0.5, 0.6) is 0 Å². The lowest BCUT2D eigenvalue weighted by Gasteiger charge is -2.26. The first-order valence-corrected chi connectivity index (χ1v) is 9.75. The van der Waals surface area contributed by atoms with Crippen molar-refractivity contribution in [2.75, 3.05) is 6.54 Å². The van der Waals surface area contributed by atoms with Gasteiger partial charge in [-0.15, -0.1) is 22.7 Å². The van der Waals surface area contributed by atoms with Gasteiger partial charge < -0.3 is 14.9 Å². The van der Waals surface area contributed by atoms with Crippen LogP contribution in [0.2, 0.25) is 0 Å². The van der Waals surface area contributed by atoms with Gasteiger partial charge in [0.05, 0.1) is 12.2 Å². The highest BCUT2D eigenvalue weighted by atomic mass is 32.1. The van der Waals surface area contributed by atoms with Crippen LogP contribution in [0.25, 0.3) is 0 Å². The molecular weight excluding hydrogens is 356 g/mol. The van der Waals surface area contributed by atoms with Gasteiger partial charge in [0.15, 0.2) is 0 Å². The van der Waals surface area contributed by atoms with E-state index in [0.29, 0.717) is 12.8 Å². The number of nitrogens with one attached hydrogen (secondary N) is 1. The number of amides is 1. The van der Waals surface area contributed by atoms with Gasteiger partial charge >= 0.3 is 0 Å². The molecule has 2 N–H and O–H groups in total. The maximum atomic E-state index is 12.3. The summed E-state index contributed by atoms with van der Waals surface area (Å²) in [5.41, 5.74) is 0.599. The van der Waals surface area contributed by atoms with Crippen molar-refractivity contribution < 1.29 is 14.4 Å². The Hall–Kier alpha value is -1.96. The van der Waals surface area contributed by atoms with Gasteiger partial charge in [-0.05, 0) is 43.2 Å². The molecule has 25 heavy (non-hydrogen) atoms. The number of aryl methyl sites for hydroxylation is 2. The average Bonchev–Trinajstić information content (AvgIpc) is 3.35. The Balaban J connectivity index is 1.65. The van der Waals surface area contributed by atoms with Crippen molar-refractivity contribution in [3.8, 4) is 0 Å². The second-order valence-electron chi connectivity index (χ2n) is 5.89. The van der Waals surface area contributed by atoms with Gasteiger partial charge in [0.2, 0.25) is 5.91 Å². The highest BCUT2D eigenvalue weighted by Crippen LogP contribution is 2.35. The molecule has 0 spiro atoms. The van der Waals surface area contributed by atoms with E-state index in [4.69, 9.17) is 4.52 Å². The maximum absolute atomic E-state index is 12.3. The molecule has 3 aromatic rings. The topological polar surface area (TPSA) is 75.4 Å². The van der Waals surface area contributed by atoms with Crippen molar-refractivity contribution in [2.24, 2.45) is 0 Å². The number of aliphatic hydroxyl groups is 1. The van der Waals surface area contributed by atoms with Crippen LogP contribution in [0, 0.1) is 13.8 Å². The van der Waals surface area contributed by atoms with Crippen LogP contribution >= 0.6 is 22.7 Å². The zero-order valence-electron chi connectivity index (χ0n) is 14.1. The third-order valence-electron chi connectivity index (χ3n) is 4.18. The molecule has 0 unspecified atom stereocenters. The summed E-state index contributed by atoms with van der Waals surface area (Å²) in [5, 5.41) is 21.8. The quantitative estimate of drug-likeness (QED) is 0.663. The number of hydrogen-bond acceptors (Lipinski definition) is 6. The Morgan fingerprint density at radius 1 is 1.24 bits per heavy atom. The molecule has 0 aromatic carbocycles. The predicted octanol–water partition coefficient (Wildman–Crippen LogP) is 3.40.